The van der Waals surface area contributed by atoms with E-state index < -0.39 is 0 Å². The number of fused-ring (bicyclic) bond motifs is 1. The zero-order chi connectivity index (χ0) is 14.5. The Bertz CT molecular complexity index is 624. The molecular formula is C17H22N4. The van der Waals surface area contributed by atoms with Gasteiger partial charge in [-0.1, -0.05) is 31.0 Å². The summed E-state index contributed by atoms with van der Waals surface area (Å²) in [6.07, 6.45) is 7.01. The van der Waals surface area contributed by atoms with Crippen molar-refractivity contribution in [3.8, 4) is 0 Å². The van der Waals surface area contributed by atoms with Crippen molar-refractivity contribution in [2.45, 2.75) is 38.3 Å². The van der Waals surface area contributed by atoms with E-state index in [0.717, 1.165) is 18.0 Å². The molecule has 0 atom stereocenters. The van der Waals surface area contributed by atoms with Gasteiger partial charge in [0, 0.05) is 31.2 Å². The monoisotopic (exact) mass is 282 g/mol. The number of hydrogen-bond acceptors (Lipinski definition) is 2. The highest BCUT2D eigenvalue weighted by molar-refractivity contribution is 5.83. The number of hydrogen-bond donors (Lipinski definition) is 2. The predicted molar refractivity (Wildman–Crippen MR) is 87.3 cm³/mol. The largest absolute Gasteiger partial charge is 0.354 e. The first-order valence-corrected chi connectivity index (χ1v) is 7.66. The molecule has 0 bridgehead atoms. The molecule has 1 aromatic carbocycles. The first kappa shape index (κ1) is 13.9. The molecule has 0 unspecified atom stereocenters. The molecule has 2 aromatic rings. The molecular weight excluding hydrogens is 260 g/mol. The van der Waals surface area contributed by atoms with Gasteiger partial charge in [-0.15, -0.1) is 0 Å². The molecule has 0 spiro atoms. The zero-order valence-corrected chi connectivity index (χ0v) is 12.5. The van der Waals surface area contributed by atoms with Crippen molar-refractivity contribution in [3.05, 3.63) is 42.1 Å². The fourth-order valence-corrected chi connectivity index (χ4v) is 2.95. The van der Waals surface area contributed by atoms with Gasteiger partial charge in [0.25, 0.3) is 0 Å². The van der Waals surface area contributed by atoms with E-state index in [1.807, 2.05) is 25.4 Å². The van der Waals surface area contributed by atoms with Crippen LogP contribution in [-0.4, -0.2) is 24.0 Å². The van der Waals surface area contributed by atoms with Crippen molar-refractivity contribution in [3.63, 3.8) is 0 Å². The van der Waals surface area contributed by atoms with Crippen molar-refractivity contribution in [2.24, 2.45) is 4.99 Å². The third-order valence-corrected chi connectivity index (χ3v) is 4.11. The Balaban J connectivity index is 1.67. The van der Waals surface area contributed by atoms with Crippen molar-refractivity contribution in [1.82, 2.24) is 15.6 Å². The van der Waals surface area contributed by atoms with Gasteiger partial charge in [-0.25, -0.2) is 0 Å². The number of para-hydroxylation sites is 1. The average molecular weight is 282 g/mol. The second kappa shape index (κ2) is 6.57. The summed E-state index contributed by atoms with van der Waals surface area (Å²) in [5.74, 6) is 0.891. The Kier molecular flexibility index (Phi) is 4.34. The first-order chi connectivity index (χ1) is 10.4. The molecule has 21 heavy (non-hydrogen) atoms. The van der Waals surface area contributed by atoms with Crippen molar-refractivity contribution >= 4 is 16.9 Å². The highest BCUT2D eigenvalue weighted by Crippen LogP contribution is 2.18. The topological polar surface area (TPSA) is 49.3 Å². The van der Waals surface area contributed by atoms with E-state index in [4.69, 9.17) is 0 Å². The van der Waals surface area contributed by atoms with Gasteiger partial charge >= 0.3 is 0 Å². The third-order valence-electron chi connectivity index (χ3n) is 4.11. The molecule has 1 heterocycles. The molecule has 1 fully saturated rings. The van der Waals surface area contributed by atoms with Crippen molar-refractivity contribution in [1.29, 1.82) is 0 Å². The standard InChI is InChI=1S/C17H22N4/c1-18-17(21-14-6-2-3-7-14)20-12-13-10-11-19-16-9-5-4-8-15(13)16/h4-5,8-11,14H,2-3,6-7,12H2,1H3,(H2,18,20,21). The second-order valence-corrected chi connectivity index (χ2v) is 5.54. The van der Waals surface area contributed by atoms with Crippen LogP contribution in [0.1, 0.15) is 31.2 Å². The molecule has 4 heteroatoms. The van der Waals surface area contributed by atoms with Crippen LogP contribution in [-0.2, 0) is 6.54 Å². The fourth-order valence-electron chi connectivity index (χ4n) is 2.95. The number of aromatic nitrogens is 1. The third kappa shape index (κ3) is 3.32. The minimum Gasteiger partial charge on any atom is -0.354 e. The molecule has 2 N–H and O–H groups in total. The summed E-state index contributed by atoms with van der Waals surface area (Å²) in [5.41, 5.74) is 2.28. The Labute approximate surface area is 125 Å². The normalized spacial score (nSPS) is 16.3. The van der Waals surface area contributed by atoms with E-state index in [2.05, 4.69) is 38.8 Å². The summed E-state index contributed by atoms with van der Waals surface area (Å²) < 4.78 is 0. The van der Waals surface area contributed by atoms with Crippen molar-refractivity contribution in [2.75, 3.05) is 7.05 Å². The smallest absolute Gasteiger partial charge is 0.191 e. The summed E-state index contributed by atoms with van der Waals surface area (Å²) in [5, 5.41) is 8.12. The van der Waals surface area contributed by atoms with Crippen LogP contribution in [0.3, 0.4) is 0 Å². The maximum Gasteiger partial charge on any atom is 0.191 e. The molecule has 1 aliphatic rings. The lowest BCUT2D eigenvalue weighted by atomic mass is 10.1. The minimum atomic E-state index is 0.574. The van der Waals surface area contributed by atoms with E-state index in [1.54, 1.807) is 0 Å². The fraction of sp³-hybridized carbons (Fsp3) is 0.412. The maximum atomic E-state index is 4.40. The Hall–Kier alpha value is -2.10. The number of nitrogens with one attached hydrogen (secondary N) is 2. The van der Waals surface area contributed by atoms with Gasteiger partial charge in [0.1, 0.15) is 0 Å². The average Bonchev–Trinajstić information content (AvgIpc) is 3.04. The van der Waals surface area contributed by atoms with Gasteiger partial charge in [0.05, 0.1) is 5.52 Å². The summed E-state index contributed by atoms with van der Waals surface area (Å²) in [4.78, 5) is 8.72. The number of aliphatic imine (C=N–C) groups is 1. The lowest BCUT2D eigenvalue weighted by molar-refractivity contribution is 0.613. The Morgan fingerprint density at radius 2 is 2.05 bits per heavy atom. The second-order valence-electron chi connectivity index (χ2n) is 5.54. The van der Waals surface area contributed by atoms with E-state index >= 15 is 0 Å². The van der Waals surface area contributed by atoms with Gasteiger partial charge < -0.3 is 10.6 Å². The van der Waals surface area contributed by atoms with Crippen LogP contribution in [0.25, 0.3) is 10.9 Å². The molecule has 0 amide bonds. The summed E-state index contributed by atoms with van der Waals surface area (Å²) >= 11 is 0. The zero-order valence-electron chi connectivity index (χ0n) is 12.5. The Morgan fingerprint density at radius 1 is 1.24 bits per heavy atom. The number of pyridine rings is 1. The number of rotatable bonds is 3. The molecule has 4 nitrogen and oxygen atoms in total. The SMILES string of the molecule is CN=C(NCc1ccnc2ccccc12)NC1CCCC1. The van der Waals surface area contributed by atoms with Gasteiger partial charge in [-0.05, 0) is 30.5 Å². The highest BCUT2D eigenvalue weighted by Gasteiger charge is 2.15. The van der Waals surface area contributed by atoms with Crippen LogP contribution < -0.4 is 10.6 Å². The van der Waals surface area contributed by atoms with E-state index in [-0.39, 0.29) is 0 Å². The summed E-state index contributed by atoms with van der Waals surface area (Å²) in [7, 11) is 1.83. The molecule has 1 aromatic heterocycles. The quantitative estimate of drug-likeness (QED) is 0.672. The highest BCUT2D eigenvalue weighted by atomic mass is 15.2. The molecule has 1 aliphatic carbocycles. The van der Waals surface area contributed by atoms with Crippen LogP contribution in [0.2, 0.25) is 0 Å². The predicted octanol–water partition coefficient (Wildman–Crippen LogP) is 2.84. The van der Waals surface area contributed by atoms with Crippen LogP contribution in [0, 0.1) is 0 Å². The van der Waals surface area contributed by atoms with E-state index in [1.165, 1.54) is 36.6 Å². The maximum absolute atomic E-state index is 4.40. The molecule has 0 aliphatic heterocycles. The van der Waals surface area contributed by atoms with Gasteiger partial charge in [0.2, 0.25) is 0 Å². The van der Waals surface area contributed by atoms with E-state index in [0.29, 0.717) is 6.04 Å². The number of benzene rings is 1. The lowest BCUT2D eigenvalue weighted by Gasteiger charge is -2.17. The minimum absolute atomic E-state index is 0.574. The molecule has 1 saturated carbocycles. The molecule has 0 radical (unpaired) electrons. The van der Waals surface area contributed by atoms with Gasteiger partial charge in [0.15, 0.2) is 5.96 Å². The first-order valence-electron chi connectivity index (χ1n) is 7.66. The summed E-state index contributed by atoms with van der Waals surface area (Å²) in [6.45, 7) is 0.759. The number of nitrogens with zero attached hydrogens (tertiary/aromatic N) is 2. The van der Waals surface area contributed by atoms with E-state index in [9.17, 15) is 0 Å². The van der Waals surface area contributed by atoms with Crippen LogP contribution in [0.15, 0.2) is 41.5 Å². The van der Waals surface area contributed by atoms with Crippen LogP contribution in [0.4, 0.5) is 0 Å². The molecule has 110 valence electrons. The van der Waals surface area contributed by atoms with Crippen LogP contribution >= 0.6 is 0 Å². The van der Waals surface area contributed by atoms with Gasteiger partial charge in [-0.3, -0.25) is 9.98 Å². The molecule has 3 rings (SSSR count). The van der Waals surface area contributed by atoms with Crippen molar-refractivity contribution < 1.29 is 0 Å². The van der Waals surface area contributed by atoms with Crippen LogP contribution in [0.5, 0.6) is 0 Å². The molecule has 0 saturated heterocycles. The Morgan fingerprint density at radius 3 is 2.86 bits per heavy atom. The lowest BCUT2D eigenvalue weighted by Crippen LogP contribution is -2.41. The number of guanidine groups is 1. The summed E-state index contributed by atoms with van der Waals surface area (Å²) in [6, 6.07) is 10.9. The van der Waals surface area contributed by atoms with Gasteiger partial charge in [-0.2, -0.15) is 0 Å².